The topological polar surface area (TPSA) is 42.0 Å². The molecule has 0 saturated carbocycles. The van der Waals surface area contributed by atoms with Crippen molar-refractivity contribution in [3.63, 3.8) is 0 Å². The Morgan fingerprint density at radius 3 is 2.72 bits per heavy atom. The van der Waals surface area contributed by atoms with Gasteiger partial charge in [-0.15, -0.1) is 23.1 Å². The highest BCUT2D eigenvalue weighted by Crippen LogP contribution is 2.33. The highest BCUT2D eigenvalue weighted by Gasteiger charge is 2.18. The van der Waals surface area contributed by atoms with E-state index in [4.69, 9.17) is 23.2 Å². The van der Waals surface area contributed by atoms with Crippen molar-refractivity contribution >= 4 is 57.3 Å². The summed E-state index contributed by atoms with van der Waals surface area (Å²) >= 11 is 14.9. The van der Waals surface area contributed by atoms with E-state index in [9.17, 15) is 4.79 Å². The number of amides is 1. The number of hydrogen-bond donors (Lipinski definition) is 1. The van der Waals surface area contributed by atoms with Gasteiger partial charge in [0.2, 0.25) is 5.91 Å². The van der Waals surface area contributed by atoms with Crippen molar-refractivity contribution in [1.82, 2.24) is 4.98 Å². The lowest BCUT2D eigenvalue weighted by molar-refractivity contribution is -0.115. The van der Waals surface area contributed by atoms with Gasteiger partial charge in [-0.1, -0.05) is 53.5 Å². The number of anilines is 1. The summed E-state index contributed by atoms with van der Waals surface area (Å²) in [5.41, 5.74) is 1.87. The minimum absolute atomic E-state index is 0.130. The van der Waals surface area contributed by atoms with Crippen molar-refractivity contribution in [2.45, 2.75) is 17.1 Å². The van der Waals surface area contributed by atoms with Crippen LogP contribution in [-0.4, -0.2) is 16.1 Å². The first-order valence-corrected chi connectivity index (χ1v) is 9.98. The summed E-state index contributed by atoms with van der Waals surface area (Å²) in [5.74, 6) is -0.130. The number of carbonyl (C=O) groups is 1. The predicted octanol–water partition coefficient (Wildman–Crippen LogP) is 6.24. The Morgan fingerprint density at radius 2 is 1.96 bits per heavy atom. The molecule has 1 atom stereocenters. The number of nitrogens with zero attached hydrogens (tertiary/aromatic N) is 1. The van der Waals surface area contributed by atoms with E-state index in [1.165, 1.54) is 23.1 Å². The van der Waals surface area contributed by atoms with Crippen LogP contribution in [0, 0.1) is 0 Å². The Balaban J connectivity index is 1.66. The third kappa shape index (κ3) is 4.76. The minimum atomic E-state index is -0.333. The quantitative estimate of drug-likeness (QED) is 0.508. The summed E-state index contributed by atoms with van der Waals surface area (Å²) in [7, 11) is 0. The molecule has 0 aliphatic rings. The van der Waals surface area contributed by atoms with Gasteiger partial charge in [0.1, 0.15) is 0 Å². The van der Waals surface area contributed by atoms with E-state index in [1.54, 1.807) is 18.2 Å². The van der Waals surface area contributed by atoms with Crippen LogP contribution in [0.2, 0.25) is 10.0 Å². The summed E-state index contributed by atoms with van der Waals surface area (Å²) in [5, 5.41) is 6.20. The molecule has 0 saturated heterocycles. The lowest BCUT2D eigenvalue weighted by Crippen LogP contribution is -2.22. The Morgan fingerprint density at radius 1 is 1.20 bits per heavy atom. The monoisotopic (exact) mass is 408 g/mol. The summed E-state index contributed by atoms with van der Waals surface area (Å²) < 4.78 is 0. The zero-order valence-corrected chi connectivity index (χ0v) is 16.3. The van der Waals surface area contributed by atoms with Gasteiger partial charge in [0.15, 0.2) is 5.13 Å². The number of carbonyl (C=O) groups excluding carboxylic acids is 1. The first kappa shape index (κ1) is 18.3. The Kier molecular flexibility index (Phi) is 6.02. The summed E-state index contributed by atoms with van der Waals surface area (Å²) in [6, 6.07) is 15.1. The molecular weight excluding hydrogens is 395 g/mol. The second kappa shape index (κ2) is 8.23. The number of thioether (sulfide) groups is 1. The summed E-state index contributed by atoms with van der Waals surface area (Å²) in [4.78, 5) is 17.7. The first-order valence-electron chi connectivity index (χ1n) is 7.46. The molecule has 0 aliphatic heterocycles. The standard InChI is InChI=1S/C18H14Cl2N2OS2/c1-11(25-16-9-13(19)7-8-14(16)20)17(23)22-18-21-15(10-24-18)12-5-3-2-4-6-12/h2-11H,1H3,(H,21,22,23)/t11-/m1/s1. The van der Waals surface area contributed by atoms with Crippen LogP contribution < -0.4 is 5.32 Å². The zero-order chi connectivity index (χ0) is 17.8. The van der Waals surface area contributed by atoms with Crippen LogP contribution in [0.5, 0.6) is 0 Å². The number of hydrogen-bond acceptors (Lipinski definition) is 4. The number of thiazole rings is 1. The average Bonchev–Trinajstić information content (AvgIpc) is 3.07. The molecule has 0 fully saturated rings. The number of halogens is 2. The molecule has 3 nitrogen and oxygen atoms in total. The zero-order valence-electron chi connectivity index (χ0n) is 13.2. The van der Waals surface area contributed by atoms with Crippen LogP contribution in [-0.2, 0) is 4.79 Å². The van der Waals surface area contributed by atoms with E-state index in [2.05, 4.69) is 10.3 Å². The fourth-order valence-electron chi connectivity index (χ4n) is 2.09. The maximum absolute atomic E-state index is 12.4. The normalized spacial score (nSPS) is 12.0. The highest BCUT2D eigenvalue weighted by atomic mass is 35.5. The fraction of sp³-hybridized carbons (Fsp3) is 0.111. The van der Waals surface area contributed by atoms with Gasteiger partial charge in [-0.05, 0) is 25.1 Å². The van der Waals surface area contributed by atoms with Gasteiger partial charge in [0.05, 0.1) is 16.0 Å². The molecule has 0 radical (unpaired) electrons. The van der Waals surface area contributed by atoms with Crippen molar-refractivity contribution < 1.29 is 4.79 Å². The van der Waals surface area contributed by atoms with Gasteiger partial charge in [-0.2, -0.15) is 0 Å². The van der Waals surface area contributed by atoms with Crippen LogP contribution in [0.15, 0.2) is 58.8 Å². The van der Waals surface area contributed by atoms with Crippen molar-refractivity contribution in [3.8, 4) is 11.3 Å². The van der Waals surface area contributed by atoms with E-state index in [0.717, 1.165) is 16.2 Å². The molecule has 1 N–H and O–H groups in total. The van der Waals surface area contributed by atoms with Crippen molar-refractivity contribution in [2.75, 3.05) is 5.32 Å². The van der Waals surface area contributed by atoms with Gasteiger partial charge in [0.25, 0.3) is 0 Å². The summed E-state index contributed by atoms with van der Waals surface area (Å²) in [6.45, 7) is 1.82. The van der Waals surface area contributed by atoms with Crippen LogP contribution in [0.3, 0.4) is 0 Å². The van der Waals surface area contributed by atoms with Gasteiger partial charge in [0, 0.05) is 20.9 Å². The molecule has 0 bridgehead atoms. The molecule has 1 aromatic heterocycles. The second-order valence-corrected chi connectivity index (χ2v) is 8.31. The second-order valence-electron chi connectivity index (χ2n) is 5.23. The average molecular weight is 409 g/mol. The number of aromatic nitrogens is 1. The van der Waals surface area contributed by atoms with E-state index >= 15 is 0 Å². The molecule has 7 heteroatoms. The Bertz CT molecular complexity index is 884. The fourth-order valence-corrected chi connectivity index (χ4v) is 4.22. The van der Waals surface area contributed by atoms with Gasteiger partial charge in [-0.3, -0.25) is 4.79 Å². The molecule has 1 heterocycles. The van der Waals surface area contributed by atoms with Crippen LogP contribution >= 0.6 is 46.3 Å². The molecule has 0 aliphatic carbocycles. The number of benzene rings is 2. The molecule has 2 aromatic carbocycles. The molecule has 25 heavy (non-hydrogen) atoms. The maximum Gasteiger partial charge on any atom is 0.239 e. The van der Waals surface area contributed by atoms with Crippen LogP contribution in [0.25, 0.3) is 11.3 Å². The molecule has 128 valence electrons. The van der Waals surface area contributed by atoms with E-state index in [0.29, 0.717) is 15.2 Å². The smallest absolute Gasteiger partial charge is 0.239 e. The van der Waals surface area contributed by atoms with Crippen molar-refractivity contribution in [1.29, 1.82) is 0 Å². The summed E-state index contributed by atoms with van der Waals surface area (Å²) in [6.07, 6.45) is 0. The van der Waals surface area contributed by atoms with E-state index < -0.39 is 0 Å². The molecule has 0 unspecified atom stereocenters. The molecule has 1 amide bonds. The molecule has 0 spiro atoms. The van der Waals surface area contributed by atoms with Gasteiger partial charge >= 0.3 is 0 Å². The maximum atomic E-state index is 12.4. The van der Waals surface area contributed by atoms with Crippen LogP contribution in [0.1, 0.15) is 6.92 Å². The Labute approximate surface area is 164 Å². The van der Waals surface area contributed by atoms with Crippen molar-refractivity contribution in [3.05, 3.63) is 64.0 Å². The largest absolute Gasteiger partial charge is 0.301 e. The first-order chi connectivity index (χ1) is 12.0. The highest BCUT2D eigenvalue weighted by molar-refractivity contribution is 8.00. The molecule has 3 aromatic rings. The minimum Gasteiger partial charge on any atom is -0.301 e. The van der Waals surface area contributed by atoms with Crippen LogP contribution in [0.4, 0.5) is 5.13 Å². The number of nitrogens with one attached hydrogen (secondary N) is 1. The van der Waals surface area contributed by atoms with Gasteiger partial charge < -0.3 is 5.32 Å². The lowest BCUT2D eigenvalue weighted by Gasteiger charge is -2.11. The van der Waals surface area contributed by atoms with Gasteiger partial charge in [-0.25, -0.2) is 4.98 Å². The SMILES string of the molecule is C[C@@H](Sc1cc(Cl)ccc1Cl)C(=O)Nc1nc(-c2ccccc2)cs1. The van der Waals surface area contributed by atoms with E-state index in [1.807, 2.05) is 42.6 Å². The Hall–Kier alpha value is -1.53. The third-order valence-electron chi connectivity index (χ3n) is 3.37. The van der Waals surface area contributed by atoms with Crippen molar-refractivity contribution in [2.24, 2.45) is 0 Å². The third-order valence-corrected chi connectivity index (χ3v) is 5.96. The number of rotatable bonds is 5. The molecule has 3 rings (SSSR count). The lowest BCUT2D eigenvalue weighted by atomic mass is 10.2. The predicted molar refractivity (Wildman–Crippen MR) is 108 cm³/mol. The van der Waals surface area contributed by atoms with E-state index in [-0.39, 0.29) is 11.2 Å². The molecular formula is C18H14Cl2N2OS2.